The molecule has 1 amide bonds. The molecule has 0 aromatic heterocycles. The number of halogens is 3. The lowest BCUT2D eigenvalue weighted by molar-refractivity contribution is -0.184. The van der Waals surface area contributed by atoms with Gasteiger partial charge in [-0.2, -0.15) is 13.2 Å². The SMILES string of the molecule is CCOc1ccc(NC(=O)C(C)OCC(F)(F)F)cc1OC. The molecule has 1 N–H and O–H groups in total. The zero-order valence-corrected chi connectivity index (χ0v) is 12.5. The molecule has 5 nitrogen and oxygen atoms in total. The van der Waals surface area contributed by atoms with Crippen molar-refractivity contribution in [1.29, 1.82) is 0 Å². The van der Waals surface area contributed by atoms with Gasteiger partial charge in [-0.15, -0.1) is 0 Å². The predicted molar refractivity (Wildman–Crippen MR) is 74.3 cm³/mol. The number of anilines is 1. The summed E-state index contributed by atoms with van der Waals surface area (Å²) in [6.45, 7) is 2.03. The number of hydrogen-bond donors (Lipinski definition) is 1. The van der Waals surface area contributed by atoms with Crippen LogP contribution in [-0.4, -0.2) is 38.5 Å². The van der Waals surface area contributed by atoms with E-state index in [1.165, 1.54) is 20.1 Å². The number of methoxy groups -OCH3 is 1. The number of ether oxygens (including phenoxy) is 3. The second-order valence-electron chi connectivity index (χ2n) is 4.36. The summed E-state index contributed by atoms with van der Waals surface area (Å²) in [6.07, 6.45) is -5.71. The van der Waals surface area contributed by atoms with E-state index in [4.69, 9.17) is 9.47 Å². The van der Waals surface area contributed by atoms with E-state index < -0.39 is 24.8 Å². The van der Waals surface area contributed by atoms with Gasteiger partial charge < -0.3 is 19.5 Å². The minimum Gasteiger partial charge on any atom is -0.493 e. The predicted octanol–water partition coefficient (Wildman–Crippen LogP) is 3.00. The van der Waals surface area contributed by atoms with Crippen LogP contribution in [0, 0.1) is 0 Å². The lowest BCUT2D eigenvalue weighted by Crippen LogP contribution is -2.31. The second-order valence-corrected chi connectivity index (χ2v) is 4.36. The van der Waals surface area contributed by atoms with Crippen LogP contribution in [0.25, 0.3) is 0 Å². The van der Waals surface area contributed by atoms with Crippen LogP contribution in [0.4, 0.5) is 18.9 Å². The quantitative estimate of drug-likeness (QED) is 0.839. The van der Waals surface area contributed by atoms with Crippen LogP contribution in [0.15, 0.2) is 18.2 Å². The standard InChI is InChI=1S/C14H18F3NO4/c1-4-21-11-6-5-10(7-12(11)20-3)18-13(19)9(2)22-8-14(15,16)17/h5-7,9H,4,8H2,1-3H3,(H,18,19). The molecule has 0 spiro atoms. The van der Waals surface area contributed by atoms with Crippen LogP contribution >= 0.6 is 0 Å². The van der Waals surface area contributed by atoms with Gasteiger partial charge in [0.2, 0.25) is 0 Å². The van der Waals surface area contributed by atoms with Crippen molar-refractivity contribution >= 4 is 11.6 Å². The average Bonchev–Trinajstić information content (AvgIpc) is 2.45. The Morgan fingerprint density at radius 3 is 2.55 bits per heavy atom. The van der Waals surface area contributed by atoms with Crippen molar-refractivity contribution in [2.24, 2.45) is 0 Å². The first kappa shape index (κ1) is 18.1. The second kappa shape index (κ2) is 7.88. The minimum absolute atomic E-state index is 0.368. The first-order valence-corrected chi connectivity index (χ1v) is 6.57. The fourth-order valence-electron chi connectivity index (χ4n) is 1.56. The van der Waals surface area contributed by atoms with E-state index in [-0.39, 0.29) is 0 Å². The maximum Gasteiger partial charge on any atom is 0.411 e. The largest absolute Gasteiger partial charge is 0.493 e. The number of benzene rings is 1. The molecule has 0 aliphatic carbocycles. The maximum absolute atomic E-state index is 12.0. The van der Waals surface area contributed by atoms with Gasteiger partial charge in [0.15, 0.2) is 11.5 Å². The number of rotatable bonds is 7. The summed E-state index contributed by atoms with van der Waals surface area (Å²) in [5.41, 5.74) is 0.368. The molecule has 0 radical (unpaired) electrons. The zero-order valence-electron chi connectivity index (χ0n) is 12.5. The molecule has 0 aliphatic heterocycles. The Morgan fingerprint density at radius 1 is 1.32 bits per heavy atom. The Bertz CT molecular complexity index is 505. The molecule has 0 aliphatic rings. The number of carbonyl (C=O) groups is 1. The molecule has 1 atom stereocenters. The van der Waals surface area contributed by atoms with Crippen molar-refractivity contribution in [3.63, 3.8) is 0 Å². The highest BCUT2D eigenvalue weighted by molar-refractivity contribution is 5.94. The molecule has 0 bridgehead atoms. The van der Waals surface area contributed by atoms with Crippen molar-refractivity contribution in [2.45, 2.75) is 26.1 Å². The summed E-state index contributed by atoms with van der Waals surface area (Å²) in [6, 6.07) is 4.67. The van der Waals surface area contributed by atoms with Gasteiger partial charge in [-0.25, -0.2) is 0 Å². The van der Waals surface area contributed by atoms with Crippen LogP contribution in [-0.2, 0) is 9.53 Å². The van der Waals surface area contributed by atoms with Gasteiger partial charge in [0, 0.05) is 11.8 Å². The molecule has 1 aromatic carbocycles. The molecule has 22 heavy (non-hydrogen) atoms. The van der Waals surface area contributed by atoms with Gasteiger partial charge in [0.1, 0.15) is 12.7 Å². The average molecular weight is 321 g/mol. The molecular weight excluding hydrogens is 303 g/mol. The minimum atomic E-state index is -4.48. The van der Waals surface area contributed by atoms with Crippen molar-refractivity contribution in [1.82, 2.24) is 0 Å². The smallest absolute Gasteiger partial charge is 0.411 e. The van der Waals surface area contributed by atoms with Crippen LogP contribution in [0.1, 0.15) is 13.8 Å². The van der Waals surface area contributed by atoms with Crippen LogP contribution in [0.5, 0.6) is 11.5 Å². The fraction of sp³-hybridized carbons (Fsp3) is 0.500. The Labute approximate surface area is 126 Å². The molecule has 0 saturated heterocycles. The van der Waals surface area contributed by atoms with Crippen LogP contribution in [0.2, 0.25) is 0 Å². The molecular formula is C14H18F3NO4. The summed E-state index contributed by atoms with van der Waals surface area (Å²) in [5.74, 6) is 0.225. The summed E-state index contributed by atoms with van der Waals surface area (Å²) in [4.78, 5) is 11.8. The summed E-state index contributed by atoms with van der Waals surface area (Å²) in [5, 5.41) is 2.46. The van der Waals surface area contributed by atoms with Crippen molar-refractivity contribution < 1.29 is 32.2 Å². The molecule has 8 heteroatoms. The highest BCUT2D eigenvalue weighted by Gasteiger charge is 2.30. The van der Waals surface area contributed by atoms with E-state index in [1.807, 2.05) is 6.92 Å². The van der Waals surface area contributed by atoms with Gasteiger partial charge in [-0.1, -0.05) is 0 Å². The van der Waals surface area contributed by atoms with E-state index in [0.717, 1.165) is 0 Å². The van der Waals surface area contributed by atoms with Gasteiger partial charge in [-0.05, 0) is 26.0 Å². The molecule has 0 saturated carbocycles. The van der Waals surface area contributed by atoms with Crippen molar-refractivity contribution in [3.05, 3.63) is 18.2 Å². The van der Waals surface area contributed by atoms with Crippen molar-refractivity contribution in [3.8, 4) is 11.5 Å². The number of amides is 1. The monoisotopic (exact) mass is 321 g/mol. The van der Waals surface area contributed by atoms with E-state index in [0.29, 0.717) is 23.8 Å². The highest BCUT2D eigenvalue weighted by atomic mass is 19.4. The van der Waals surface area contributed by atoms with E-state index in [9.17, 15) is 18.0 Å². The molecule has 124 valence electrons. The van der Waals surface area contributed by atoms with E-state index in [1.54, 1.807) is 12.1 Å². The molecule has 1 aromatic rings. The molecule has 1 rings (SSSR count). The molecule has 0 fully saturated rings. The maximum atomic E-state index is 12.0. The highest BCUT2D eigenvalue weighted by Crippen LogP contribution is 2.30. The number of carbonyl (C=O) groups excluding carboxylic acids is 1. The third-order valence-electron chi connectivity index (χ3n) is 2.60. The Morgan fingerprint density at radius 2 is 2.00 bits per heavy atom. The summed E-state index contributed by atoms with van der Waals surface area (Å²) >= 11 is 0. The first-order valence-electron chi connectivity index (χ1n) is 6.57. The molecule has 0 heterocycles. The van der Waals surface area contributed by atoms with Gasteiger partial charge in [0.05, 0.1) is 13.7 Å². The Hall–Kier alpha value is -1.96. The lowest BCUT2D eigenvalue weighted by Gasteiger charge is -2.16. The topological polar surface area (TPSA) is 56.8 Å². The normalized spacial score (nSPS) is 12.6. The number of alkyl halides is 3. The summed E-state index contributed by atoms with van der Waals surface area (Å²) < 4.78 is 51.0. The zero-order chi connectivity index (χ0) is 16.8. The van der Waals surface area contributed by atoms with Gasteiger partial charge in [-0.3, -0.25) is 4.79 Å². The van der Waals surface area contributed by atoms with E-state index in [2.05, 4.69) is 10.1 Å². The third kappa shape index (κ3) is 5.80. The van der Waals surface area contributed by atoms with E-state index >= 15 is 0 Å². The van der Waals surface area contributed by atoms with Crippen LogP contribution < -0.4 is 14.8 Å². The fourth-order valence-corrected chi connectivity index (χ4v) is 1.56. The Kier molecular flexibility index (Phi) is 6.48. The lowest BCUT2D eigenvalue weighted by atomic mass is 10.2. The summed E-state index contributed by atoms with van der Waals surface area (Å²) in [7, 11) is 1.44. The van der Waals surface area contributed by atoms with Gasteiger partial charge in [0.25, 0.3) is 5.91 Å². The van der Waals surface area contributed by atoms with Crippen LogP contribution in [0.3, 0.4) is 0 Å². The molecule has 1 unspecified atom stereocenters. The van der Waals surface area contributed by atoms with Crippen molar-refractivity contribution in [2.75, 3.05) is 25.6 Å². The van der Waals surface area contributed by atoms with Gasteiger partial charge >= 0.3 is 6.18 Å². The third-order valence-corrected chi connectivity index (χ3v) is 2.60. The number of hydrogen-bond acceptors (Lipinski definition) is 4. The first-order chi connectivity index (χ1) is 10.3. The number of nitrogens with one attached hydrogen (secondary N) is 1. The Balaban J connectivity index is 2.67.